The van der Waals surface area contributed by atoms with Crippen LogP contribution in [-0.2, 0) is 36.8 Å². The van der Waals surface area contributed by atoms with E-state index >= 15 is 0 Å². The lowest BCUT2D eigenvalue weighted by Crippen LogP contribution is -2.58. The van der Waals surface area contributed by atoms with Gasteiger partial charge in [0.15, 0.2) is 0 Å². The van der Waals surface area contributed by atoms with Crippen LogP contribution in [0, 0.1) is 11.8 Å². The van der Waals surface area contributed by atoms with Crippen LogP contribution in [0.5, 0.6) is 0 Å². The molecule has 1 aromatic rings. The predicted octanol–water partition coefficient (Wildman–Crippen LogP) is 4.10. The molecule has 4 amide bonds. The molecular formula is C34H52N4O6. The lowest BCUT2D eigenvalue weighted by Gasteiger charge is -2.32. The number of amides is 4. The zero-order valence-corrected chi connectivity index (χ0v) is 27.5. The Bertz CT molecular complexity index is 1150. The molecule has 1 fully saturated rings. The largest absolute Gasteiger partial charge is 0.444 e. The second-order valence-electron chi connectivity index (χ2n) is 13.0. The number of ketones is 1. The summed E-state index contributed by atoms with van der Waals surface area (Å²) in [6.45, 7) is 17.3. The topological polar surface area (TPSA) is 134 Å². The van der Waals surface area contributed by atoms with Crippen molar-refractivity contribution in [2.45, 2.75) is 111 Å². The Labute approximate surface area is 262 Å². The molecule has 0 saturated carbocycles. The van der Waals surface area contributed by atoms with Crippen molar-refractivity contribution in [2.75, 3.05) is 13.1 Å². The Kier molecular flexibility index (Phi) is 14.1. The van der Waals surface area contributed by atoms with Gasteiger partial charge in [-0.2, -0.15) is 0 Å². The molecule has 1 aromatic carbocycles. The maximum Gasteiger partial charge on any atom is 0.408 e. The van der Waals surface area contributed by atoms with Crippen molar-refractivity contribution < 1.29 is 28.7 Å². The van der Waals surface area contributed by atoms with Gasteiger partial charge in [-0.25, -0.2) is 4.79 Å². The molecule has 1 saturated heterocycles. The molecule has 0 radical (unpaired) electrons. The predicted molar refractivity (Wildman–Crippen MR) is 171 cm³/mol. The average molecular weight is 613 g/mol. The van der Waals surface area contributed by atoms with Gasteiger partial charge in [-0.1, -0.05) is 64.5 Å². The molecule has 1 aliphatic heterocycles. The highest BCUT2D eigenvalue weighted by atomic mass is 16.6. The minimum absolute atomic E-state index is 0.0316. The SMILES string of the molecule is C=CCNC(=O)C(=O)C(CC(C)C)NC(=O)[C@@H]1CCCN1C(=O)[C@@H](NC(=O)OC(C)(C)C)C1Cc2ccccc2C1.CCC. The first-order chi connectivity index (χ1) is 20.7. The van der Waals surface area contributed by atoms with E-state index in [1.165, 1.54) is 17.4 Å². The number of fused-ring (bicyclic) bond motifs is 1. The van der Waals surface area contributed by atoms with Gasteiger partial charge in [0, 0.05) is 13.1 Å². The number of carbonyl (C=O) groups excluding carboxylic acids is 5. The smallest absolute Gasteiger partial charge is 0.408 e. The molecule has 1 aliphatic carbocycles. The number of carbonyl (C=O) groups is 5. The van der Waals surface area contributed by atoms with Gasteiger partial charge in [0.25, 0.3) is 5.91 Å². The lowest BCUT2D eigenvalue weighted by atomic mass is 9.94. The summed E-state index contributed by atoms with van der Waals surface area (Å²) < 4.78 is 5.48. The minimum atomic E-state index is -1.02. The summed E-state index contributed by atoms with van der Waals surface area (Å²) in [6.07, 6.45) is 4.52. The number of rotatable bonds is 11. The highest BCUT2D eigenvalue weighted by Gasteiger charge is 2.43. The van der Waals surface area contributed by atoms with Gasteiger partial charge in [-0.3, -0.25) is 19.2 Å². The van der Waals surface area contributed by atoms with Gasteiger partial charge in [0.1, 0.15) is 17.7 Å². The third-order valence-electron chi connectivity index (χ3n) is 7.30. The second-order valence-corrected chi connectivity index (χ2v) is 13.0. The van der Waals surface area contributed by atoms with Gasteiger partial charge in [0.2, 0.25) is 17.6 Å². The molecular weight excluding hydrogens is 560 g/mol. The summed E-state index contributed by atoms with van der Waals surface area (Å²) in [7, 11) is 0. The quantitative estimate of drug-likeness (QED) is 0.255. The van der Waals surface area contributed by atoms with Crippen LogP contribution in [0.3, 0.4) is 0 Å². The van der Waals surface area contributed by atoms with Crippen molar-refractivity contribution >= 4 is 29.6 Å². The highest BCUT2D eigenvalue weighted by molar-refractivity contribution is 6.38. The number of hydrogen-bond donors (Lipinski definition) is 3. The van der Waals surface area contributed by atoms with Crippen molar-refractivity contribution in [3.05, 3.63) is 48.0 Å². The number of hydrogen-bond acceptors (Lipinski definition) is 6. The van der Waals surface area contributed by atoms with Crippen molar-refractivity contribution in [2.24, 2.45) is 11.8 Å². The van der Waals surface area contributed by atoms with Gasteiger partial charge in [-0.15, -0.1) is 6.58 Å². The second kappa shape index (κ2) is 17.0. The van der Waals surface area contributed by atoms with Crippen molar-refractivity contribution in [1.29, 1.82) is 0 Å². The molecule has 1 unspecified atom stereocenters. The number of alkyl carbamates (subject to hydrolysis) is 1. The minimum Gasteiger partial charge on any atom is -0.444 e. The van der Waals surface area contributed by atoms with Crippen LogP contribution in [0.1, 0.15) is 85.3 Å². The number of nitrogens with one attached hydrogen (secondary N) is 3. The molecule has 0 spiro atoms. The van der Waals surface area contributed by atoms with E-state index in [1.54, 1.807) is 20.8 Å². The van der Waals surface area contributed by atoms with Crippen LogP contribution in [0.2, 0.25) is 0 Å². The van der Waals surface area contributed by atoms with Crippen LogP contribution < -0.4 is 16.0 Å². The summed E-state index contributed by atoms with van der Waals surface area (Å²) in [5.74, 6) is -2.56. The fraction of sp³-hybridized carbons (Fsp3) is 0.618. The molecule has 0 aromatic heterocycles. The van der Waals surface area contributed by atoms with E-state index in [1.807, 2.05) is 38.1 Å². The van der Waals surface area contributed by atoms with Gasteiger partial charge in [-0.05, 0) is 75.8 Å². The van der Waals surface area contributed by atoms with Crippen LogP contribution in [-0.4, -0.2) is 71.3 Å². The van der Waals surface area contributed by atoms with Gasteiger partial charge < -0.3 is 25.6 Å². The first-order valence-electron chi connectivity index (χ1n) is 15.8. The van der Waals surface area contributed by atoms with Gasteiger partial charge in [0.05, 0.1) is 6.04 Å². The summed E-state index contributed by atoms with van der Waals surface area (Å²) in [5.41, 5.74) is 1.51. The van der Waals surface area contributed by atoms with E-state index < -0.39 is 47.4 Å². The third-order valence-corrected chi connectivity index (χ3v) is 7.30. The number of benzene rings is 1. The van der Waals surface area contributed by atoms with Crippen molar-refractivity contribution in [3.63, 3.8) is 0 Å². The molecule has 244 valence electrons. The Balaban J connectivity index is 0.00000216. The van der Waals surface area contributed by atoms with Crippen LogP contribution in [0.4, 0.5) is 4.79 Å². The lowest BCUT2D eigenvalue weighted by molar-refractivity contribution is -0.143. The fourth-order valence-electron chi connectivity index (χ4n) is 5.51. The summed E-state index contributed by atoms with van der Waals surface area (Å²) in [6, 6.07) is 5.20. The molecule has 3 atom stereocenters. The van der Waals surface area contributed by atoms with Crippen LogP contribution >= 0.6 is 0 Å². The number of Topliss-reactive ketones (excluding diaryl/α,β-unsaturated/α-hetero) is 1. The van der Waals surface area contributed by atoms with E-state index in [9.17, 15) is 24.0 Å². The monoisotopic (exact) mass is 612 g/mol. The first-order valence-corrected chi connectivity index (χ1v) is 15.8. The van der Waals surface area contributed by atoms with Crippen LogP contribution in [0.25, 0.3) is 0 Å². The first kappa shape index (κ1) is 36.5. The van der Waals surface area contributed by atoms with Crippen molar-refractivity contribution in [1.82, 2.24) is 20.9 Å². The molecule has 1 heterocycles. The molecule has 10 nitrogen and oxygen atoms in total. The Morgan fingerprint density at radius 2 is 1.64 bits per heavy atom. The molecule has 44 heavy (non-hydrogen) atoms. The molecule has 10 heteroatoms. The summed E-state index contributed by atoms with van der Waals surface area (Å²) in [4.78, 5) is 67.1. The molecule has 3 N–H and O–H groups in total. The maximum absolute atomic E-state index is 14.1. The highest BCUT2D eigenvalue weighted by Crippen LogP contribution is 2.31. The van der Waals surface area contributed by atoms with E-state index in [0.29, 0.717) is 32.2 Å². The normalized spacial score (nSPS) is 17.5. The Morgan fingerprint density at radius 3 is 2.16 bits per heavy atom. The standard InChI is InChI=1S/C31H44N4O6.C3H8/c1-7-14-32-28(38)26(36)23(16-19(2)3)33-27(37)24-13-10-15-35(24)29(39)25(34-30(40)41-31(4,5)6)22-17-20-11-8-9-12-21(20)18-22;1-3-2/h7-9,11-12,19,22-25H,1,10,13-18H2,2-6H3,(H,32,38)(H,33,37)(H,34,40);3H2,1-2H3/t23?,24-,25-;/m0./s1. The maximum atomic E-state index is 14.1. The molecule has 3 rings (SSSR count). The van der Waals surface area contributed by atoms with Crippen LogP contribution in [0.15, 0.2) is 36.9 Å². The Morgan fingerprint density at radius 1 is 1.05 bits per heavy atom. The van der Waals surface area contributed by atoms with E-state index in [-0.39, 0.29) is 30.7 Å². The van der Waals surface area contributed by atoms with E-state index in [4.69, 9.17) is 4.74 Å². The molecule has 0 bridgehead atoms. The van der Waals surface area contributed by atoms with Crippen molar-refractivity contribution in [3.8, 4) is 0 Å². The average Bonchev–Trinajstić information content (AvgIpc) is 3.60. The van der Waals surface area contributed by atoms with E-state index in [2.05, 4.69) is 36.4 Å². The van der Waals surface area contributed by atoms with E-state index in [0.717, 1.165) is 11.1 Å². The summed E-state index contributed by atoms with van der Waals surface area (Å²) >= 11 is 0. The fourth-order valence-corrected chi connectivity index (χ4v) is 5.51. The zero-order valence-electron chi connectivity index (χ0n) is 27.5. The van der Waals surface area contributed by atoms with Gasteiger partial charge >= 0.3 is 6.09 Å². The molecule has 2 aliphatic rings. The number of ether oxygens (including phenoxy) is 1. The number of likely N-dealkylation sites (tertiary alicyclic amines) is 1. The number of nitrogens with zero attached hydrogens (tertiary/aromatic N) is 1. The Hall–Kier alpha value is -3.69. The summed E-state index contributed by atoms with van der Waals surface area (Å²) in [5, 5.41) is 8.02. The third kappa shape index (κ3) is 10.8. The zero-order chi connectivity index (χ0) is 33.0.